The molecule has 4 rings (SSSR count). The van der Waals surface area contributed by atoms with Crippen LogP contribution in [0, 0.1) is 24.2 Å². The third kappa shape index (κ3) is 3.07. The second-order valence-corrected chi connectivity index (χ2v) is 9.40. The number of carbonyl (C=O) groups is 1. The topological polar surface area (TPSA) is 46.5 Å². The van der Waals surface area contributed by atoms with Gasteiger partial charge in [0.2, 0.25) is 0 Å². The molecule has 1 aromatic rings. The van der Waals surface area contributed by atoms with E-state index < -0.39 is 0 Å². The van der Waals surface area contributed by atoms with Gasteiger partial charge < -0.3 is 9.84 Å². The van der Waals surface area contributed by atoms with Crippen LogP contribution in [0.4, 0.5) is 0 Å². The molecule has 5 atom stereocenters. The molecule has 3 heteroatoms. The summed E-state index contributed by atoms with van der Waals surface area (Å²) in [4.78, 5) is 12.2. The van der Waals surface area contributed by atoms with Gasteiger partial charge in [0.25, 0.3) is 0 Å². The lowest BCUT2D eigenvalue weighted by Crippen LogP contribution is -2.45. The quantitative estimate of drug-likeness (QED) is 0.696. The van der Waals surface area contributed by atoms with Gasteiger partial charge in [-0.2, -0.15) is 0 Å². The van der Waals surface area contributed by atoms with Gasteiger partial charge >= 0.3 is 5.97 Å². The fourth-order valence-corrected chi connectivity index (χ4v) is 6.52. The number of phenolic OH excluding ortho intramolecular Hbond substituents is 1. The summed E-state index contributed by atoms with van der Waals surface area (Å²) in [5.74, 6) is 2.40. The number of fused-ring (bicyclic) bond motifs is 5. The van der Waals surface area contributed by atoms with E-state index in [1.165, 1.54) is 30.4 Å². The van der Waals surface area contributed by atoms with E-state index in [1.807, 2.05) is 6.07 Å². The van der Waals surface area contributed by atoms with E-state index in [-0.39, 0.29) is 17.5 Å². The van der Waals surface area contributed by atoms with Crippen molar-refractivity contribution in [1.29, 1.82) is 0 Å². The first-order valence-corrected chi connectivity index (χ1v) is 11.0. The Labute approximate surface area is 163 Å². The van der Waals surface area contributed by atoms with E-state index in [9.17, 15) is 9.90 Å². The molecule has 0 heterocycles. The van der Waals surface area contributed by atoms with Crippen LogP contribution in [0.5, 0.6) is 5.75 Å². The Morgan fingerprint density at radius 3 is 2.85 bits per heavy atom. The Balaban J connectivity index is 1.54. The highest BCUT2D eigenvalue weighted by Crippen LogP contribution is 2.61. The van der Waals surface area contributed by atoms with Crippen molar-refractivity contribution in [1.82, 2.24) is 0 Å². The first-order chi connectivity index (χ1) is 13.0. The second kappa shape index (κ2) is 7.14. The average Bonchev–Trinajstić information content (AvgIpc) is 2.99. The lowest BCUT2D eigenvalue weighted by Gasteiger charge is -2.50. The Morgan fingerprint density at radius 2 is 2.07 bits per heavy atom. The summed E-state index contributed by atoms with van der Waals surface area (Å²) >= 11 is 0. The van der Waals surface area contributed by atoms with E-state index in [0.717, 1.165) is 37.7 Å². The summed E-state index contributed by atoms with van der Waals surface area (Å²) in [7, 11) is 0. The molecule has 3 aliphatic rings. The Kier molecular flexibility index (Phi) is 4.98. The number of carbonyl (C=O) groups excluding carboxylic acids is 1. The number of ether oxygens (including phenoxy) is 1. The molecule has 0 saturated heterocycles. The average molecular weight is 371 g/mol. The highest BCUT2D eigenvalue weighted by atomic mass is 16.5. The number of aromatic hydroxyl groups is 1. The molecule has 27 heavy (non-hydrogen) atoms. The number of hydrogen-bond acceptors (Lipinski definition) is 3. The van der Waals surface area contributed by atoms with Crippen LogP contribution in [-0.4, -0.2) is 17.2 Å². The highest BCUT2D eigenvalue weighted by molar-refractivity contribution is 5.69. The molecule has 0 radical (unpaired) electrons. The van der Waals surface area contributed by atoms with Crippen molar-refractivity contribution >= 4 is 5.97 Å². The predicted octanol–water partition coefficient (Wildman–Crippen LogP) is 5.66. The molecule has 0 amide bonds. The van der Waals surface area contributed by atoms with Crippen molar-refractivity contribution in [2.45, 2.75) is 90.6 Å². The van der Waals surface area contributed by atoms with Crippen LogP contribution in [0.3, 0.4) is 0 Å². The van der Waals surface area contributed by atoms with Gasteiger partial charge in [0, 0.05) is 11.8 Å². The summed E-state index contributed by atoms with van der Waals surface area (Å²) in [5.41, 5.74) is 4.09. The molecule has 0 aliphatic heterocycles. The van der Waals surface area contributed by atoms with Crippen LogP contribution in [0.2, 0.25) is 0 Å². The molecule has 1 aromatic carbocycles. The van der Waals surface area contributed by atoms with Gasteiger partial charge in [-0.3, -0.25) is 4.79 Å². The van der Waals surface area contributed by atoms with E-state index in [4.69, 9.17) is 4.74 Å². The van der Waals surface area contributed by atoms with E-state index in [1.54, 1.807) is 0 Å². The van der Waals surface area contributed by atoms with Gasteiger partial charge in [-0.15, -0.1) is 0 Å². The zero-order valence-electron chi connectivity index (χ0n) is 17.1. The molecule has 2 fully saturated rings. The molecule has 0 bridgehead atoms. The SMILES string of the molecule is CCCCC(=O)O[C@@H]1CC[C@@H]2[C@H]3CCc4c(ccc(O)c4C)[C@@H]3CC[C@]21C. The molecule has 0 spiro atoms. The number of hydrogen-bond donors (Lipinski definition) is 1. The number of benzene rings is 1. The molecular formula is C24H34O3. The van der Waals surface area contributed by atoms with Gasteiger partial charge in [-0.05, 0) is 92.4 Å². The van der Waals surface area contributed by atoms with Gasteiger partial charge in [0.15, 0.2) is 0 Å². The third-order valence-corrected chi connectivity index (χ3v) is 8.09. The van der Waals surface area contributed by atoms with Crippen LogP contribution in [0.1, 0.15) is 87.8 Å². The second-order valence-electron chi connectivity index (χ2n) is 9.40. The van der Waals surface area contributed by atoms with Crippen LogP contribution >= 0.6 is 0 Å². The molecule has 0 aromatic heterocycles. The summed E-state index contributed by atoms with van der Waals surface area (Å²) in [5, 5.41) is 10.1. The van der Waals surface area contributed by atoms with Crippen LogP contribution in [0.15, 0.2) is 12.1 Å². The normalized spacial score (nSPS) is 34.5. The van der Waals surface area contributed by atoms with Crippen LogP contribution < -0.4 is 0 Å². The standard InChI is InChI=1S/C24H34O3/c1-4-5-6-23(26)27-22-12-10-20-19-8-7-16-15(2)21(25)11-9-17(16)18(19)13-14-24(20,22)3/h9,11,18-20,22,25H,4-8,10,12-14H2,1-3H3/t18-,19-,20+,22+,24+/m0/s1. The molecule has 148 valence electrons. The Hall–Kier alpha value is -1.51. The molecule has 3 nitrogen and oxygen atoms in total. The first kappa shape index (κ1) is 18.8. The largest absolute Gasteiger partial charge is 0.508 e. The number of esters is 1. The maximum Gasteiger partial charge on any atom is 0.306 e. The van der Waals surface area contributed by atoms with Crippen molar-refractivity contribution in [3.8, 4) is 5.75 Å². The molecule has 0 unspecified atom stereocenters. The number of unbranched alkanes of at least 4 members (excludes halogenated alkanes) is 1. The van der Waals surface area contributed by atoms with Gasteiger partial charge in [0.1, 0.15) is 11.9 Å². The van der Waals surface area contributed by atoms with Gasteiger partial charge in [-0.25, -0.2) is 0 Å². The van der Waals surface area contributed by atoms with Crippen molar-refractivity contribution in [2.24, 2.45) is 17.3 Å². The minimum Gasteiger partial charge on any atom is -0.508 e. The van der Waals surface area contributed by atoms with Crippen molar-refractivity contribution in [3.05, 3.63) is 28.8 Å². The van der Waals surface area contributed by atoms with E-state index >= 15 is 0 Å². The number of rotatable bonds is 4. The fraction of sp³-hybridized carbons (Fsp3) is 0.708. The third-order valence-electron chi connectivity index (χ3n) is 8.09. The van der Waals surface area contributed by atoms with Crippen molar-refractivity contribution in [3.63, 3.8) is 0 Å². The van der Waals surface area contributed by atoms with Crippen molar-refractivity contribution < 1.29 is 14.6 Å². The minimum atomic E-state index is 0.00550. The fourth-order valence-electron chi connectivity index (χ4n) is 6.52. The summed E-state index contributed by atoms with van der Waals surface area (Å²) in [6.45, 7) is 6.56. The lowest BCUT2D eigenvalue weighted by molar-refractivity contribution is -0.157. The monoisotopic (exact) mass is 370 g/mol. The minimum absolute atomic E-state index is 0.00550. The summed E-state index contributed by atoms with van der Waals surface area (Å²) < 4.78 is 6.00. The zero-order valence-corrected chi connectivity index (χ0v) is 17.1. The van der Waals surface area contributed by atoms with Crippen LogP contribution in [-0.2, 0) is 16.0 Å². The zero-order chi connectivity index (χ0) is 19.2. The highest BCUT2D eigenvalue weighted by Gasteiger charge is 2.56. The van der Waals surface area contributed by atoms with Gasteiger partial charge in [0.05, 0.1) is 0 Å². The molecular weight excluding hydrogens is 336 g/mol. The van der Waals surface area contributed by atoms with Gasteiger partial charge in [-0.1, -0.05) is 26.3 Å². The Morgan fingerprint density at radius 1 is 1.26 bits per heavy atom. The maximum absolute atomic E-state index is 12.2. The Bertz CT molecular complexity index is 725. The summed E-state index contributed by atoms with van der Waals surface area (Å²) in [6.07, 6.45) is 9.47. The lowest BCUT2D eigenvalue weighted by atomic mass is 9.55. The number of phenols is 1. The first-order valence-electron chi connectivity index (χ1n) is 11.0. The predicted molar refractivity (Wildman–Crippen MR) is 107 cm³/mol. The maximum atomic E-state index is 12.2. The van der Waals surface area contributed by atoms with E-state index in [0.29, 0.717) is 29.9 Å². The van der Waals surface area contributed by atoms with Crippen molar-refractivity contribution in [2.75, 3.05) is 0 Å². The smallest absolute Gasteiger partial charge is 0.306 e. The molecule has 2 saturated carbocycles. The van der Waals surface area contributed by atoms with E-state index in [2.05, 4.69) is 26.8 Å². The summed E-state index contributed by atoms with van der Waals surface area (Å²) in [6, 6.07) is 4.06. The molecule has 3 aliphatic carbocycles. The van der Waals surface area contributed by atoms with Crippen LogP contribution in [0.25, 0.3) is 0 Å². The molecule has 1 N–H and O–H groups in total.